The van der Waals surface area contributed by atoms with Gasteiger partial charge in [-0.3, -0.25) is 14.0 Å². The molecule has 1 aromatic carbocycles. The summed E-state index contributed by atoms with van der Waals surface area (Å²) in [6.07, 6.45) is 1.55. The number of nitrogens with zero attached hydrogens (tertiary/aromatic N) is 3. The number of amides is 1. The zero-order chi connectivity index (χ0) is 22.0. The first-order valence-corrected chi connectivity index (χ1v) is 9.66. The molecule has 1 amide bonds. The van der Waals surface area contributed by atoms with Crippen molar-refractivity contribution in [1.82, 2.24) is 14.7 Å². The second-order valence-corrected chi connectivity index (χ2v) is 6.98. The molecule has 0 radical (unpaired) electrons. The standard InChI is InChI=1S/C21H21FN4O5/c1-30-16-10-15(25-6-8-31-9-7-25)12-26-19(16)24-17(18(27)21(26)29)20(28)23-11-13-2-4-14(22)5-3-13/h2-5,10,12,27H,6-9,11H2,1H3,(H,23,28). The Morgan fingerprint density at radius 1 is 1.29 bits per heavy atom. The molecule has 4 rings (SSSR count). The lowest BCUT2D eigenvalue weighted by atomic mass is 10.2. The highest BCUT2D eigenvalue weighted by atomic mass is 19.1. The monoisotopic (exact) mass is 428 g/mol. The van der Waals surface area contributed by atoms with Crippen LogP contribution < -0.4 is 20.5 Å². The van der Waals surface area contributed by atoms with Crippen molar-refractivity contribution in [2.75, 3.05) is 38.3 Å². The van der Waals surface area contributed by atoms with E-state index in [-0.39, 0.29) is 23.8 Å². The van der Waals surface area contributed by atoms with Crippen molar-refractivity contribution < 1.29 is 23.8 Å². The Morgan fingerprint density at radius 3 is 2.68 bits per heavy atom. The zero-order valence-corrected chi connectivity index (χ0v) is 16.8. The first kappa shape index (κ1) is 20.6. The van der Waals surface area contributed by atoms with Crippen LogP contribution in [0.25, 0.3) is 5.65 Å². The molecule has 0 aliphatic carbocycles. The van der Waals surface area contributed by atoms with Gasteiger partial charge in [0.2, 0.25) is 5.75 Å². The highest BCUT2D eigenvalue weighted by Gasteiger charge is 2.22. The molecule has 0 atom stereocenters. The van der Waals surface area contributed by atoms with E-state index < -0.39 is 22.9 Å². The number of pyridine rings is 1. The number of morpholine rings is 1. The van der Waals surface area contributed by atoms with E-state index >= 15 is 0 Å². The van der Waals surface area contributed by atoms with E-state index in [0.29, 0.717) is 37.6 Å². The average molecular weight is 428 g/mol. The summed E-state index contributed by atoms with van der Waals surface area (Å²) >= 11 is 0. The molecule has 0 bridgehead atoms. The number of aromatic nitrogens is 2. The van der Waals surface area contributed by atoms with Crippen LogP contribution >= 0.6 is 0 Å². The van der Waals surface area contributed by atoms with Crippen LogP contribution in [-0.4, -0.2) is 53.8 Å². The summed E-state index contributed by atoms with van der Waals surface area (Å²) in [6, 6.07) is 7.32. The first-order valence-electron chi connectivity index (χ1n) is 9.66. The number of halogens is 1. The lowest BCUT2D eigenvalue weighted by Crippen LogP contribution is -2.36. The van der Waals surface area contributed by atoms with Gasteiger partial charge in [-0.15, -0.1) is 0 Å². The Hall–Kier alpha value is -3.66. The molecule has 10 heteroatoms. The van der Waals surface area contributed by atoms with Crippen LogP contribution in [0.3, 0.4) is 0 Å². The van der Waals surface area contributed by atoms with Crippen molar-refractivity contribution >= 4 is 17.2 Å². The van der Waals surface area contributed by atoms with Gasteiger partial charge in [0.05, 0.1) is 26.0 Å². The molecule has 3 heterocycles. The third-order valence-electron chi connectivity index (χ3n) is 5.03. The number of fused-ring (bicyclic) bond motifs is 1. The minimum absolute atomic E-state index is 0.0761. The van der Waals surface area contributed by atoms with Crippen molar-refractivity contribution in [3.8, 4) is 11.5 Å². The van der Waals surface area contributed by atoms with Gasteiger partial charge in [-0.1, -0.05) is 12.1 Å². The zero-order valence-electron chi connectivity index (χ0n) is 16.8. The Bertz CT molecular complexity index is 1170. The van der Waals surface area contributed by atoms with Crippen molar-refractivity contribution in [2.24, 2.45) is 0 Å². The second-order valence-electron chi connectivity index (χ2n) is 6.98. The minimum atomic E-state index is -0.787. The fraction of sp³-hybridized carbons (Fsp3) is 0.286. The fourth-order valence-corrected chi connectivity index (χ4v) is 3.36. The first-order chi connectivity index (χ1) is 15.0. The highest BCUT2D eigenvalue weighted by Crippen LogP contribution is 2.26. The maximum Gasteiger partial charge on any atom is 0.301 e. The second kappa shape index (κ2) is 8.60. The molecule has 3 aromatic rings. The van der Waals surface area contributed by atoms with Gasteiger partial charge in [-0.25, -0.2) is 9.37 Å². The van der Waals surface area contributed by atoms with Crippen LogP contribution in [0.5, 0.6) is 11.5 Å². The summed E-state index contributed by atoms with van der Waals surface area (Å²) < 4.78 is 24.9. The number of ether oxygens (including phenoxy) is 2. The molecular formula is C21H21FN4O5. The number of hydrogen-bond acceptors (Lipinski definition) is 7. The van der Waals surface area contributed by atoms with E-state index in [1.807, 2.05) is 4.90 Å². The predicted molar refractivity (Wildman–Crippen MR) is 110 cm³/mol. The van der Waals surface area contributed by atoms with E-state index in [0.717, 1.165) is 4.40 Å². The third-order valence-corrected chi connectivity index (χ3v) is 5.03. The van der Waals surface area contributed by atoms with Crippen molar-refractivity contribution in [3.63, 3.8) is 0 Å². The largest absolute Gasteiger partial charge is 0.501 e. The van der Waals surface area contributed by atoms with Crippen molar-refractivity contribution in [2.45, 2.75) is 6.54 Å². The number of rotatable bonds is 5. The average Bonchev–Trinajstić information content (AvgIpc) is 2.80. The van der Waals surface area contributed by atoms with Gasteiger partial charge >= 0.3 is 5.56 Å². The number of anilines is 1. The molecule has 9 nitrogen and oxygen atoms in total. The molecule has 162 valence electrons. The lowest BCUT2D eigenvalue weighted by molar-refractivity contribution is 0.0942. The number of methoxy groups -OCH3 is 1. The topological polar surface area (TPSA) is 105 Å². The van der Waals surface area contributed by atoms with E-state index in [1.54, 1.807) is 12.3 Å². The van der Waals surface area contributed by atoms with Crippen LogP contribution in [0.15, 0.2) is 41.3 Å². The van der Waals surface area contributed by atoms with Crippen LogP contribution in [-0.2, 0) is 11.3 Å². The van der Waals surface area contributed by atoms with Crippen molar-refractivity contribution in [1.29, 1.82) is 0 Å². The minimum Gasteiger partial charge on any atom is -0.501 e. The SMILES string of the molecule is COc1cc(N2CCOCC2)cn2c(=O)c(O)c(C(=O)NCc3ccc(F)cc3)nc12. The number of carbonyl (C=O) groups excluding carboxylic acids is 1. The van der Waals surface area contributed by atoms with Gasteiger partial charge in [0.25, 0.3) is 5.91 Å². The number of benzene rings is 1. The molecule has 1 aliphatic heterocycles. The van der Waals surface area contributed by atoms with Crippen LogP contribution in [0, 0.1) is 5.82 Å². The molecule has 0 spiro atoms. The normalized spacial score (nSPS) is 13.9. The fourth-order valence-electron chi connectivity index (χ4n) is 3.36. The molecule has 1 fully saturated rings. The van der Waals surface area contributed by atoms with Gasteiger partial charge in [0.1, 0.15) is 5.82 Å². The summed E-state index contributed by atoms with van der Waals surface area (Å²) in [5.74, 6) is -1.61. The van der Waals surface area contributed by atoms with Gasteiger partial charge in [0, 0.05) is 31.9 Å². The van der Waals surface area contributed by atoms with Gasteiger partial charge in [-0.05, 0) is 17.7 Å². The maximum absolute atomic E-state index is 13.0. The van der Waals surface area contributed by atoms with E-state index in [4.69, 9.17) is 9.47 Å². The molecule has 2 aromatic heterocycles. The molecule has 0 unspecified atom stereocenters. The molecule has 31 heavy (non-hydrogen) atoms. The lowest BCUT2D eigenvalue weighted by Gasteiger charge is -2.29. The smallest absolute Gasteiger partial charge is 0.301 e. The Labute approximate surface area is 176 Å². The number of carbonyl (C=O) groups is 1. The van der Waals surface area contributed by atoms with E-state index in [2.05, 4.69) is 10.3 Å². The number of nitrogens with one attached hydrogen (secondary N) is 1. The Morgan fingerprint density at radius 2 is 2.00 bits per heavy atom. The summed E-state index contributed by atoms with van der Waals surface area (Å²) in [5, 5.41) is 13.0. The quantitative estimate of drug-likeness (QED) is 0.631. The molecule has 2 N–H and O–H groups in total. The van der Waals surface area contributed by atoms with Gasteiger partial charge < -0.3 is 24.8 Å². The molecular weight excluding hydrogens is 407 g/mol. The number of aromatic hydroxyl groups is 1. The third kappa shape index (κ3) is 4.15. The highest BCUT2D eigenvalue weighted by molar-refractivity contribution is 5.95. The molecule has 1 saturated heterocycles. The summed E-state index contributed by atoms with van der Waals surface area (Å²) in [5.41, 5.74) is 0.271. The van der Waals surface area contributed by atoms with E-state index in [9.17, 15) is 19.1 Å². The summed E-state index contributed by atoms with van der Waals surface area (Å²) in [7, 11) is 1.44. The molecule has 1 aliphatic rings. The summed E-state index contributed by atoms with van der Waals surface area (Å²) in [4.78, 5) is 31.6. The maximum atomic E-state index is 13.0. The van der Waals surface area contributed by atoms with E-state index in [1.165, 1.54) is 31.4 Å². The van der Waals surface area contributed by atoms with Gasteiger partial charge in [0.15, 0.2) is 17.1 Å². The Kier molecular flexibility index (Phi) is 5.72. The van der Waals surface area contributed by atoms with Crippen LogP contribution in [0.1, 0.15) is 16.1 Å². The number of hydrogen-bond donors (Lipinski definition) is 2. The van der Waals surface area contributed by atoms with Crippen LogP contribution in [0.2, 0.25) is 0 Å². The van der Waals surface area contributed by atoms with Gasteiger partial charge in [-0.2, -0.15) is 0 Å². The predicted octanol–water partition coefficient (Wildman–Crippen LogP) is 1.31. The Balaban J connectivity index is 1.68. The van der Waals surface area contributed by atoms with Crippen LogP contribution in [0.4, 0.5) is 10.1 Å². The van der Waals surface area contributed by atoms with Crippen molar-refractivity contribution in [3.05, 3.63) is 64.0 Å². The molecule has 0 saturated carbocycles. The summed E-state index contributed by atoms with van der Waals surface area (Å²) in [6.45, 7) is 2.49.